The predicted molar refractivity (Wildman–Crippen MR) is 163 cm³/mol. The quantitative estimate of drug-likeness (QED) is 0.241. The van der Waals surface area contributed by atoms with Crippen molar-refractivity contribution in [2.75, 3.05) is 0 Å². The van der Waals surface area contributed by atoms with Gasteiger partial charge in [0.1, 0.15) is 5.75 Å². The monoisotopic (exact) mass is 498 g/mol. The van der Waals surface area contributed by atoms with Crippen LogP contribution in [0, 0.1) is 0 Å². The summed E-state index contributed by atoms with van der Waals surface area (Å²) in [5, 5.41) is 17.2. The van der Waals surface area contributed by atoms with Crippen LogP contribution in [0.25, 0.3) is 43.4 Å². The first-order chi connectivity index (χ1) is 19.2. The Morgan fingerprint density at radius 2 is 1.10 bits per heavy atom. The number of aromatic hydroxyl groups is 1. The molecule has 0 atom stereocenters. The van der Waals surface area contributed by atoms with E-state index in [0.717, 1.165) is 17.2 Å². The highest BCUT2D eigenvalue weighted by molar-refractivity contribution is 6.00. The largest absolute Gasteiger partial charge is 0.508 e. The zero-order valence-electron chi connectivity index (χ0n) is 21.4. The first-order valence-electron chi connectivity index (χ1n) is 13.5. The lowest BCUT2D eigenvalue weighted by molar-refractivity contribution is 0.476. The van der Waals surface area contributed by atoms with Crippen molar-refractivity contribution in [1.29, 1.82) is 0 Å². The molecule has 0 saturated carbocycles. The molecule has 7 aromatic rings. The molecule has 0 fully saturated rings. The summed E-state index contributed by atoms with van der Waals surface area (Å²) in [6, 6.07) is 50.3. The number of phenolic OH excluding ortho intramolecular Hbond substituents is 1. The minimum absolute atomic E-state index is 0.299. The molecule has 1 aliphatic rings. The van der Waals surface area contributed by atoms with Gasteiger partial charge in [0.05, 0.1) is 5.41 Å². The fraction of sp³-hybridized carbons (Fsp3) is 0.0526. The Hall–Kier alpha value is -4.88. The van der Waals surface area contributed by atoms with E-state index in [9.17, 15) is 5.11 Å². The lowest BCUT2D eigenvalue weighted by atomic mass is 9.68. The Labute approximate surface area is 227 Å². The molecule has 1 N–H and O–H groups in total. The van der Waals surface area contributed by atoms with Crippen molar-refractivity contribution in [2.24, 2.45) is 0 Å². The molecule has 0 aliphatic heterocycles. The molecule has 0 bridgehead atoms. The van der Waals surface area contributed by atoms with E-state index in [1.54, 1.807) is 6.07 Å². The molecule has 0 radical (unpaired) electrons. The van der Waals surface area contributed by atoms with Gasteiger partial charge in [-0.1, -0.05) is 109 Å². The van der Waals surface area contributed by atoms with E-state index in [4.69, 9.17) is 0 Å². The Bertz CT molecular complexity index is 2020. The molecule has 0 amide bonds. The van der Waals surface area contributed by atoms with Gasteiger partial charge < -0.3 is 5.11 Å². The number of hydrogen-bond donors (Lipinski definition) is 1. The van der Waals surface area contributed by atoms with Gasteiger partial charge in [0.2, 0.25) is 0 Å². The van der Waals surface area contributed by atoms with Crippen LogP contribution < -0.4 is 0 Å². The van der Waals surface area contributed by atoms with Crippen LogP contribution in [0.15, 0.2) is 140 Å². The number of fused-ring (bicyclic) bond motifs is 6. The molecule has 0 unspecified atom stereocenters. The van der Waals surface area contributed by atoms with E-state index >= 15 is 0 Å². The average molecular weight is 499 g/mol. The lowest BCUT2D eigenvalue weighted by Gasteiger charge is -2.34. The van der Waals surface area contributed by atoms with E-state index in [-0.39, 0.29) is 5.41 Å². The highest BCUT2D eigenvalue weighted by Gasteiger charge is 2.44. The van der Waals surface area contributed by atoms with E-state index in [0.29, 0.717) is 5.75 Å². The van der Waals surface area contributed by atoms with Crippen LogP contribution in [0.5, 0.6) is 5.75 Å². The van der Waals surface area contributed by atoms with Crippen LogP contribution in [0.1, 0.15) is 22.3 Å². The molecule has 1 heteroatoms. The SMILES string of the molecule is Oc1ccc2cc3c(CC4(c5ccc6ccccc6c5)c5ccccc5-c5ccccc54)cccc3cc2c1. The maximum Gasteiger partial charge on any atom is 0.116 e. The van der Waals surface area contributed by atoms with Crippen molar-refractivity contribution in [3.8, 4) is 16.9 Å². The zero-order valence-corrected chi connectivity index (χ0v) is 21.4. The zero-order chi connectivity index (χ0) is 26.0. The molecule has 8 rings (SSSR count). The lowest BCUT2D eigenvalue weighted by Crippen LogP contribution is -2.30. The van der Waals surface area contributed by atoms with Crippen molar-refractivity contribution in [3.63, 3.8) is 0 Å². The predicted octanol–water partition coefficient (Wildman–Crippen LogP) is 9.41. The summed E-state index contributed by atoms with van der Waals surface area (Å²) < 4.78 is 0. The van der Waals surface area contributed by atoms with Crippen LogP contribution >= 0.6 is 0 Å². The van der Waals surface area contributed by atoms with E-state index in [1.165, 1.54) is 54.9 Å². The van der Waals surface area contributed by atoms with Gasteiger partial charge in [0, 0.05) is 0 Å². The maximum absolute atomic E-state index is 10.1. The Balaban J connectivity index is 1.44. The Kier molecular flexibility index (Phi) is 4.72. The van der Waals surface area contributed by atoms with E-state index < -0.39 is 0 Å². The van der Waals surface area contributed by atoms with Gasteiger partial charge in [-0.25, -0.2) is 0 Å². The molecule has 39 heavy (non-hydrogen) atoms. The van der Waals surface area contributed by atoms with Crippen LogP contribution in [0.3, 0.4) is 0 Å². The van der Waals surface area contributed by atoms with Crippen molar-refractivity contribution in [2.45, 2.75) is 11.8 Å². The third kappa shape index (κ3) is 3.26. The normalized spacial score (nSPS) is 13.5. The molecule has 7 aromatic carbocycles. The van der Waals surface area contributed by atoms with Crippen molar-refractivity contribution >= 4 is 32.3 Å². The standard InChI is InChI=1S/C38H26O/c39-32-19-17-27-23-35-28(20-30(27)22-32)10-7-11-29(35)24-38(31-18-16-25-8-1-2-9-26(25)21-31)36-14-5-3-12-33(36)34-13-4-6-15-37(34)38/h1-23,39H,24H2. The number of benzene rings is 7. The van der Waals surface area contributed by atoms with Crippen molar-refractivity contribution in [1.82, 2.24) is 0 Å². The number of hydrogen-bond acceptors (Lipinski definition) is 1. The summed E-state index contributed by atoms with van der Waals surface area (Å²) >= 11 is 0. The summed E-state index contributed by atoms with van der Waals surface area (Å²) in [5.74, 6) is 0.299. The first-order valence-corrected chi connectivity index (χ1v) is 13.5. The third-order valence-electron chi connectivity index (χ3n) is 8.67. The summed E-state index contributed by atoms with van der Waals surface area (Å²) in [4.78, 5) is 0. The summed E-state index contributed by atoms with van der Waals surface area (Å²) in [6.07, 6.45) is 0.848. The topological polar surface area (TPSA) is 20.2 Å². The molecule has 0 spiro atoms. The van der Waals surface area contributed by atoms with E-state index in [2.05, 4.69) is 121 Å². The Morgan fingerprint density at radius 1 is 0.462 bits per heavy atom. The van der Waals surface area contributed by atoms with Crippen LogP contribution in [0.4, 0.5) is 0 Å². The molecule has 1 aliphatic carbocycles. The van der Waals surface area contributed by atoms with Crippen molar-refractivity contribution in [3.05, 3.63) is 162 Å². The van der Waals surface area contributed by atoms with Gasteiger partial charge in [-0.3, -0.25) is 0 Å². The summed E-state index contributed by atoms with van der Waals surface area (Å²) in [5.41, 5.74) is 7.69. The number of phenols is 1. The molecule has 0 heterocycles. The van der Waals surface area contributed by atoms with Gasteiger partial charge in [0.25, 0.3) is 0 Å². The molecular formula is C38H26O. The minimum atomic E-state index is -0.324. The molecule has 1 nitrogen and oxygen atoms in total. The number of rotatable bonds is 3. The molecule has 0 aromatic heterocycles. The van der Waals surface area contributed by atoms with Gasteiger partial charge in [-0.05, 0) is 102 Å². The van der Waals surface area contributed by atoms with Crippen LogP contribution in [-0.2, 0) is 11.8 Å². The first kappa shape index (κ1) is 22.1. The van der Waals surface area contributed by atoms with Gasteiger partial charge >= 0.3 is 0 Å². The smallest absolute Gasteiger partial charge is 0.116 e. The molecule has 184 valence electrons. The summed E-state index contributed by atoms with van der Waals surface area (Å²) in [7, 11) is 0. The van der Waals surface area contributed by atoms with Crippen LogP contribution in [0.2, 0.25) is 0 Å². The fourth-order valence-corrected chi connectivity index (χ4v) is 6.90. The molecular weight excluding hydrogens is 472 g/mol. The highest BCUT2D eigenvalue weighted by Crippen LogP contribution is 2.54. The maximum atomic E-state index is 10.1. The van der Waals surface area contributed by atoms with Gasteiger partial charge in [-0.15, -0.1) is 0 Å². The third-order valence-corrected chi connectivity index (χ3v) is 8.67. The average Bonchev–Trinajstić information content (AvgIpc) is 3.27. The second-order valence-electron chi connectivity index (χ2n) is 10.8. The van der Waals surface area contributed by atoms with E-state index in [1.807, 2.05) is 12.1 Å². The van der Waals surface area contributed by atoms with Crippen molar-refractivity contribution < 1.29 is 5.11 Å². The minimum Gasteiger partial charge on any atom is -0.508 e. The fourth-order valence-electron chi connectivity index (χ4n) is 6.90. The second kappa shape index (κ2) is 8.31. The Morgan fingerprint density at radius 3 is 1.90 bits per heavy atom. The molecule has 0 saturated heterocycles. The van der Waals surface area contributed by atoms with Gasteiger partial charge in [-0.2, -0.15) is 0 Å². The van der Waals surface area contributed by atoms with Gasteiger partial charge in [0.15, 0.2) is 0 Å². The highest BCUT2D eigenvalue weighted by atomic mass is 16.3. The summed E-state index contributed by atoms with van der Waals surface area (Å²) in [6.45, 7) is 0. The van der Waals surface area contributed by atoms with Crippen LogP contribution in [-0.4, -0.2) is 5.11 Å². The second-order valence-corrected chi connectivity index (χ2v) is 10.8.